The van der Waals surface area contributed by atoms with E-state index in [2.05, 4.69) is 15.3 Å². The fourth-order valence-corrected chi connectivity index (χ4v) is 2.58. The average molecular weight is 249 g/mol. The minimum absolute atomic E-state index is 0.0914. The molecule has 4 nitrogen and oxygen atoms in total. The van der Waals surface area contributed by atoms with Gasteiger partial charge in [-0.15, -0.1) is 11.8 Å². The summed E-state index contributed by atoms with van der Waals surface area (Å²) in [4.78, 5) is 8.51. The largest absolute Gasteiger partial charge is 0.395 e. The molecule has 1 atom stereocenters. The van der Waals surface area contributed by atoms with E-state index >= 15 is 0 Å². The number of nitrogens with one attached hydrogen (secondary N) is 1. The Bertz CT molecular complexity index is 483. The zero-order valence-corrected chi connectivity index (χ0v) is 10.4. The lowest BCUT2D eigenvalue weighted by atomic mass is 10.2. The maximum atomic E-state index is 9.11. The highest BCUT2D eigenvalue weighted by atomic mass is 32.2. The maximum absolute atomic E-state index is 9.11. The van der Waals surface area contributed by atoms with E-state index in [0.717, 1.165) is 21.7 Å². The molecule has 0 aliphatic carbocycles. The van der Waals surface area contributed by atoms with Crippen molar-refractivity contribution in [1.82, 2.24) is 15.3 Å². The summed E-state index contributed by atoms with van der Waals surface area (Å²) in [6.07, 6.45) is 1.58. The second-order valence-electron chi connectivity index (χ2n) is 3.68. The highest BCUT2D eigenvalue weighted by molar-refractivity contribution is 7.99. The van der Waals surface area contributed by atoms with Crippen LogP contribution in [0.1, 0.15) is 0 Å². The first kappa shape index (κ1) is 12.3. The normalized spacial score (nSPS) is 12.8. The molecule has 0 spiro atoms. The van der Waals surface area contributed by atoms with Crippen LogP contribution in [0.25, 0.3) is 10.9 Å². The van der Waals surface area contributed by atoms with Crippen molar-refractivity contribution in [2.45, 2.75) is 11.1 Å². The molecule has 1 heterocycles. The Kier molecular flexibility index (Phi) is 4.30. The van der Waals surface area contributed by atoms with Crippen molar-refractivity contribution >= 4 is 22.7 Å². The fourth-order valence-electron chi connectivity index (χ4n) is 1.50. The SMILES string of the molecule is CNC(CO)CSc1ncnc2ccccc12. The van der Waals surface area contributed by atoms with Crippen LogP contribution in [0.15, 0.2) is 35.6 Å². The van der Waals surface area contributed by atoms with Crippen LogP contribution in [0.3, 0.4) is 0 Å². The van der Waals surface area contributed by atoms with Crippen molar-refractivity contribution in [3.63, 3.8) is 0 Å². The number of rotatable bonds is 5. The van der Waals surface area contributed by atoms with Crippen LogP contribution in [-0.2, 0) is 0 Å². The Morgan fingerprint density at radius 3 is 2.94 bits per heavy atom. The lowest BCUT2D eigenvalue weighted by Gasteiger charge is -2.12. The summed E-state index contributed by atoms with van der Waals surface area (Å²) in [6, 6.07) is 8.03. The molecule has 90 valence electrons. The predicted molar refractivity (Wildman–Crippen MR) is 70.2 cm³/mol. The van der Waals surface area contributed by atoms with Gasteiger partial charge < -0.3 is 10.4 Å². The highest BCUT2D eigenvalue weighted by Gasteiger charge is 2.08. The molecule has 0 saturated carbocycles. The Morgan fingerprint density at radius 1 is 1.35 bits per heavy atom. The monoisotopic (exact) mass is 249 g/mol. The van der Waals surface area contributed by atoms with Crippen molar-refractivity contribution in [1.29, 1.82) is 0 Å². The molecule has 2 rings (SSSR count). The number of fused-ring (bicyclic) bond motifs is 1. The molecule has 0 radical (unpaired) electrons. The van der Waals surface area contributed by atoms with Gasteiger partial charge in [-0.05, 0) is 13.1 Å². The Morgan fingerprint density at radius 2 is 2.18 bits per heavy atom. The van der Waals surface area contributed by atoms with Gasteiger partial charge in [0.25, 0.3) is 0 Å². The third-order valence-corrected chi connectivity index (χ3v) is 3.72. The number of benzene rings is 1. The highest BCUT2D eigenvalue weighted by Crippen LogP contribution is 2.24. The second kappa shape index (κ2) is 5.95. The van der Waals surface area contributed by atoms with Crippen LogP contribution in [0.4, 0.5) is 0 Å². The molecule has 5 heteroatoms. The molecular formula is C12H15N3OS. The predicted octanol–water partition coefficient (Wildman–Crippen LogP) is 1.30. The molecule has 1 unspecified atom stereocenters. The smallest absolute Gasteiger partial charge is 0.117 e. The lowest BCUT2D eigenvalue weighted by Crippen LogP contribution is -2.31. The van der Waals surface area contributed by atoms with Gasteiger partial charge in [-0.1, -0.05) is 18.2 Å². The van der Waals surface area contributed by atoms with E-state index in [1.165, 1.54) is 0 Å². The van der Waals surface area contributed by atoms with Crippen LogP contribution in [0.5, 0.6) is 0 Å². The van der Waals surface area contributed by atoms with E-state index < -0.39 is 0 Å². The van der Waals surface area contributed by atoms with Gasteiger partial charge in [-0.25, -0.2) is 9.97 Å². The van der Waals surface area contributed by atoms with Gasteiger partial charge >= 0.3 is 0 Å². The summed E-state index contributed by atoms with van der Waals surface area (Å²) < 4.78 is 0. The first-order chi connectivity index (χ1) is 8.35. The minimum atomic E-state index is 0.0914. The van der Waals surface area contributed by atoms with Crippen LogP contribution < -0.4 is 5.32 Å². The Labute approximate surface area is 104 Å². The molecule has 2 aromatic rings. The van der Waals surface area contributed by atoms with Gasteiger partial charge in [-0.2, -0.15) is 0 Å². The van der Waals surface area contributed by atoms with Gasteiger partial charge in [0.15, 0.2) is 0 Å². The summed E-state index contributed by atoms with van der Waals surface area (Å²) in [5.74, 6) is 0.786. The quantitative estimate of drug-likeness (QED) is 0.618. The van der Waals surface area contributed by atoms with E-state index in [1.54, 1.807) is 18.1 Å². The fraction of sp³-hybridized carbons (Fsp3) is 0.333. The second-order valence-corrected chi connectivity index (χ2v) is 4.68. The molecule has 0 amide bonds. The third kappa shape index (κ3) is 2.94. The molecule has 0 bridgehead atoms. The van der Waals surface area contributed by atoms with E-state index in [-0.39, 0.29) is 12.6 Å². The maximum Gasteiger partial charge on any atom is 0.117 e. The number of nitrogens with zero attached hydrogens (tertiary/aromatic N) is 2. The number of aliphatic hydroxyl groups excluding tert-OH is 1. The Hall–Kier alpha value is -1.17. The molecule has 17 heavy (non-hydrogen) atoms. The number of likely N-dealkylation sites (N-methyl/N-ethyl adjacent to an activating group) is 1. The van der Waals surface area contributed by atoms with Crippen LogP contribution >= 0.6 is 11.8 Å². The summed E-state index contributed by atoms with van der Waals surface area (Å²) in [5.41, 5.74) is 0.954. The van der Waals surface area contributed by atoms with E-state index in [1.807, 2.05) is 31.3 Å². The van der Waals surface area contributed by atoms with Gasteiger partial charge in [0.2, 0.25) is 0 Å². The molecule has 1 aromatic heterocycles. The molecule has 0 saturated heterocycles. The average Bonchev–Trinajstić information content (AvgIpc) is 2.40. The van der Waals surface area contributed by atoms with Gasteiger partial charge in [0, 0.05) is 17.2 Å². The van der Waals surface area contributed by atoms with E-state index in [9.17, 15) is 0 Å². The van der Waals surface area contributed by atoms with Crippen molar-refractivity contribution < 1.29 is 5.11 Å². The first-order valence-corrected chi connectivity index (χ1v) is 6.44. The van der Waals surface area contributed by atoms with Gasteiger partial charge in [-0.3, -0.25) is 0 Å². The first-order valence-electron chi connectivity index (χ1n) is 5.46. The molecule has 1 aromatic carbocycles. The van der Waals surface area contributed by atoms with Crippen LogP contribution in [-0.4, -0.2) is 40.5 Å². The third-order valence-electron chi connectivity index (χ3n) is 2.56. The summed E-state index contributed by atoms with van der Waals surface area (Å²) >= 11 is 1.63. The standard InChI is InChI=1S/C12H15N3OS/c1-13-9(6-16)7-17-12-10-4-2-3-5-11(10)14-8-15-12/h2-5,8-9,13,16H,6-7H2,1H3. The number of aliphatic hydroxyl groups is 1. The van der Waals surface area contributed by atoms with Gasteiger partial charge in [0.05, 0.1) is 12.1 Å². The van der Waals surface area contributed by atoms with E-state index in [4.69, 9.17) is 5.11 Å². The van der Waals surface area contributed by atoms with Crippen molar-refractivity contribution in [2.75, 3.05) is 19.4 Å². The molecular weight excluding hydrogens is 234 g/mol. The van der Waals surface area contributed by atoms with Crippen LogP contribution in [0.2, 0.25) is 0 Å². The lowest BCUT2D eigenvalue weighted by molar-refractivity contribution is 0.260. The molecule has 0 fully saturated rings. The number of para-hydroxylation sites is 1. The van der Waals surface area contributed by atoms with Crippen molar-refractivity contribution in [3.05, 3.63) is 30.6 Å². The molecule has 0 aliphatic rings. The molecule has 0 aliphatic heterocycles. The van der Waals surface area contributed by atoms with E-state index in [0.29, 0.717) is 0 Å². The zero-order valence-electron chi connectivity index (χ0n) is 9.63. The topological polar surface area (TPSA) is 58.0 Å². The van der Waals surface area contributed by atoms with Crippen molar-refractivity contribution in [2.24, 2.45) is 0 Å². The van der Waals surface area contributed by atoms with Gasteiger partial charge in [0.1, 0.15) is 11.4 Å². The van der Waals surface area contributed by atoms with Crippen molar-refractivity contribution in [3.8, 4) is 0 Å². The summed E-state index contributed by atoms with van der Waals surface area (Å²) in [6.45, 7) is 0.131. The van der Waals surface area contributed by atoms with Crippen LogP contribution in [0, 0.1) is 0 Å². The number of hydrogen-bond acceptors (Lipinski definition) is 5. The summed E-state index contributed by atoms with van der Waals surface area (Å²) in [7, 11) is 1.85. The Balaban J connectivity index is 2.18. The molecule has 2 N–H and O–H groups in total. The number of hydrogen-bond donors (Lipinski definition) is 2. The minimum Gasteiger partial charge on any atom is -0.395 e. The number of aromatic nitrogens is 2. The number of thioether (sulfide) groups is 1. The summed E-state index contributed by atoms with van der Waals surface area (Å²) in [5, 5.41) is 14.2. The zero-order chi connectivity index (χ0) is 12.1.